The third-order valence-electron chi connectivity index (χ3n) is 3.22. The molecule has 0 aliphatic heterocycles. The molecule has 2 rings (SSSR count). The molecule has 0 saturated heterocycles. The van der Waals surface area contributed by atoms with Gasteiger partial charge in [0.05, 0.1) is 6.61 Å². The molecular formula is C17H19N3O4. The molecule has 0 atom stereocenters. The van der Waals surface area contributed by atoms with Gasteiger partial charge in [-0.2, -0.15) is 0 Å². The first-order valence-corrected chi connectivity index (χ1v) is 7.58. The predicted octanol–water partition coefficient (Wildman–Crippen LogP) is 1.84. The van der Waals surface area contributed by atoms with Crippen LogP contribution in [-0.2, 0) is 4.79 Å². The minimum Gasteiger partial charge on any atom is -0.494 e. The van der Waals surface area contributed by atoms with Crippen LogP contribution >= 0.6 is 0 Å². The molecular weight excluding hydrogens is 310 g/mol. The summed E-state index contributed by atoms with van der Waals surface area (Å²) in [5, 5.41) is 0. The van der Waals surface area contributed by atoms with E-state index in [-0.39, 0.29) is 18.6 Å². The molecule has 0 bridgehead atoms. The van der Waals surface area contributed by atoms with E-state index >= 15 is 0 Å². The molecule has 0 fully saturated rings. The summed E-state index contributed by atoms with van der Waals surface area (Å²) < 4.78 is 5.31. The molecule has 24 heavy (non-hydrogen) atoms. The number of rotatable bonds is 7. The van der Waals surface area contributed by atoms with E-state index in [9.17, 15) is 14.4 Å². The summed E-state index contributed by atoms with van der Waals surface area (Å²) >= 11 is 0. The molecule has 126 valence electrons. The quantitative estimate of drug-likeness (QED) is 0.533. The minimum atomic E-state index is -0.453. The van der Waals surface area contributed by atoms with Crippen molar-refractivity contribution in [3.8, 4) is 5.75 Å². The van der Waals surface area contributed by atoms with E-state index in [1.54, 1.807) is 42.6 Å². The molecule has 3 N–H and O–H groups in total. The zero-order valence-corrected chi connectivity index (χ0v) is 13.3. The topological polar surface area (TPSA) is 100 Å². The van der Waals surface area contributed by atoms with Gasteiger partial charge in [-0.3, -0.25) is 25.2 Å². The number of amides is 2. The van der Waals surface area contributed by atoms with E-state index in [0.29, 0.717) is 23.6 Å². The van der Waals surface area contributed by atoms with Crippen molar-refractivity contribution in [1.82, 2.24) is 15.8 Å². The van der Waals surface area contributed by atoms with Crippen molar-refractivity contribution < 1.29 is 19.1 Å². The van der Waals surface area contributed by atoms with Gasteiger partial charge in [0.2, 0.25) is 5.91 Å². The zero-order valence-electron chi connectivity index (χ0n) is 13.3. The number of ether oxygens (including phenoxy) is 1. The Bertz CT molecular complexity index is 693. The summed E-state index contributed by atoms with van der Waals surface area (Å²) in [6.07, 6.45) is 1.64. The van der Waals surface area contributed by atoms with Crippen LogP contribution in [0, 0.1) is 0 Å². The zero-order chi connectivity index (χ0) is 17.4. The summed E-state index contributed by atoms with van der Waals surface area (Å²) in [4.78, 5) is 38.1. The van der Waals surface area contributed by atoms with Crippen LogP contribution < -0.4 is 15.6 Å². The second-order valence-corrected chi connectivity index (χ2v) is 4.97. The largest absolute Gasteiger partial charge is 0.494 e. The van der Waals surface area contributed by atoms with Gasteiger partial charge in [0, 0.05) is 24.6 Å². The summed E-state index contributed by atoms with van der Waals surface area (Å²) in [5.74, 6) is -0.344. The van der Waals surface area contributed by atoms with E-state index in [1.165, 1.54) is 0 Å². The number of benzene rings is 1. The molecule has 0 aliphatic carbocycles. The summed E-state index contributed by atoms with van der Waals surface area (Å²) in [6.45, 7) is 2.44. The summed E-state index contributed by atoms with van der Waals surface area (Å²) in [6, 6.07) is 10.0. The highest BCUT2D eigenvalue weighted by Crippen LogP contribution is 2.13. The van der Waals surface area contributed by atoms with Gasteiger partial charge in [0.1, 0.15) is 11.4 Å². The van der Waals surface area contributed by atoms with Crippen LogP contribution in [0.5, 0.6) is 5.75 Å². The first-order chi connectivity index (χ1) is 11.6. The average Bonchev–Trinajstić information content (AvgIpc) is 3.13. The number of aromatic amines is 1. The smallest absolute Gasteiger partial charge is 0.286 e. The van der Waals surface area contributed by atoms with Crippen LogP contribution in [-0.4, -0.2) is 29.2 Å². The van der Waals surface area contributed by atoms with Crippen LogP contribution in [0.1, 0.15) is 40.6 Å². The fraction of sp³-hybridized carbons (Fsp3) is 0.235. The standard InChI is InChI=1S/C17H19N3O4/c1-2-24-13-7-5-12(6-8-13)15(21)9-10-16(22)19-20-17(23)14-4-3-11-18-14/h3-8,11,18H,2,9-10H2,1H3,(H,19,22)(H,20,23). The van der Waals surface area contributed by atoms with Crippen molar-refractivity contribution in [2.75, 3.05) is 6.61 Å². The van der Waals surface area contributed by atoms with Crippen molar-refractivity contribution in [3.63, 3.8) is 0 Å². The molecule has 0 aliphatic rings. The maximum Gasteiger partial charge on any atom is 0.286 e. The number of carbonyl (C=O) groups excluding carboxylic acids is 3. The van der Waals surface area contributed by atoms with Gasteiger partial charge in [-0.05, 0) is 43.3 Å². The van der Waals surface area contributed by atoms with E-state index in [1.807, 2.05) is 6.92 Å². The highest BCUT2D eigenvalue weighted by Gasteiger charge is 2.11. The maximum atomic E-state index is 12.0. The SMILES string of the molecule is CCOc1ccc(C(=O)CCC(=O)NNC(=O)c2ccc[nH]2)cc1. The van der Waals surface area contributed by atoms with Crippen molar-refractivity contribution in [2.24, 2.45) is 0 Å². The Labute approximate surface area is 139 Å². The van der Waals surface area contributed by atoms with Crippen LogP contribution in [0.25, 0.3) is 0 Å². The molecule has 1 aromatic carbocycles. The monoisotopic (exact) mass is 329 g/mol. The summed E-state index contributed by atoms with van der Waals surface area (Å²) in [7, 11) is 0. The molecule has 7 nitrogen and oxygen atoms in total. The fourth-order valence-electron chi connectivity index (χ4n) is 2.00. The molecule has 0 saturated carbocycles. The highest BCUT2D eigenvalue weighted by molar-refractivity contribution is 5.98. The van der Waals surface area contributed by atoms with Crippen molar-refractivity contribution >= 4 is 17.6 Å². The number of nitrogens with one attached hydrogen (secondary N) is 3. The van der Waals surface area contributed by atoms with Crippen LogP contribution in [0.2, 0.25) is 0 Å². The van der Waals surface area contributed by atoms with E-state index in [2.05, 4.69) is 15.8 Å². The molecule has 1 heterocycles. The van der Waals surface area contributed by atoms with Crippen molar-refractivity contribution in [2.45, 2.75) is 19.8 Å². The maximum absolute atomic E-state index is 12.0. The molecule has 0 unspecified atom stereocenters. The Morgan fingerprint density at radius 1 is 1.04 bits per heavy atom. The predicted molar refractivity (Wildman–Crippen MR) is 87.6 cm³/mol. The normalized spacial score (nSPS) is 10.0. The highest BCUT2D eigenvalue weighted by atomic mass is 16.5. The Balaban J connectivity index is 1.74. The second-order valence-electron chi connectivity index (χ2n) is 4.97. The first kappa shape index (κ1) is 17.3. The number of aromatic nitrogens is 1. The number of hydrazine groups is 1. The average molecular weight is 329 g/mol. The number of ketones is 1. The van der Waals surface area contributed by atoms with Crippen LogP contribution in [0.3, 0.4) is 0 Å². The van der Waals surface area contributed by atoms with Crippen LogP contribution in [0.4, 0.5) is 0 Å². The van der Waals surface area contributed by atoms with E-state index in [0.717, 1.165) is 0 Å². The lowest BCUT2D eigenvalue weighted by atomic mass is 10.1. The molecule has 7 heteroatoms. The molecule has 1 aromatic heterocycles. The Hall–Kier alpha value is -3.09. The third-order valence-corrected chi connectivity index (χ3v) is 3.22. The Morgan fingerprint density at radius 3 is 2.42 bits per heavy atom. The second kappa shape index (κ2) is 8.52. The molecule has 2 amide bonds. The number of H-pyrrole nitrogens is 1. The van der Waals surface area contributed by atoms with Gasteiger partial charge in [-0.1, -0.05) is 0 Å². The minimum absolute atomic E-state index is 0.0168. The number of hydrogen-bond donors (Lipinski definition) is 3. The van der Waals surface area contributed by atoms with E-state index < -0.39 is 11.8 Å². The molecule has 0 spiro atoms. The summed E-state index contributed by atoms with van der Waals surface area (Å²) in [5.41, 5.74) is 5.39. The lowest BCUT2D eigenvalue weighted by molar-refractivity contribution is -0.121. The molecule has 2 aromatic rings. The third kappa shape index (κ3) is 4.98. The molecule has 0 radical (unpaired) electrons. The van der Waals surface area contributed by atoms with Gasteiger partial charge < -0.3 is 9.72 Å². The van der Waals surface area contributed by atoms with E-state index in [4.69, 9.17) is 4.74 Å². The van der Waals surface area contributed by atoms with Gasteiger partial charge in [0.25, 0.3) is 5.91 Å². The fourth-order valence-corrected chi connectivity index (χ4v) is 2.00. The van der Waals surface area contributed by atoms with Gasteiger partial charge in [0.15, 0.2) is 5.78 Å². The van der Waals surface area contributed by atoms with Crippen LogP contribution in [0.15, 0.2) is 42.6 Å². The van der Waals surface area contributed by atoms with Gasteiger partial charge in [-0.15, -0.1) is 0 Å². The Kier molecular flexibility index (Phi) is 6.13. The van der Waals surface area contributed by atoms with Crippen molar-refractivity contribution in [3.05, 3.63) is 53.9 Å². The number of hydrogen-bond acceptors (Lipinski definition) is 4. The lowest BCUT2D eigenvalue weighted by Gasteiger charge is -2.07. The van der Waals surface area contributed by atoms with Gasteiger partial charge in [-0.25, -0.2) is 0 Å². The lowest BCUT2D eigenvalue weighted by Crippen LogP contribution is -2.41. The van der Waals surface area contributed by atoms with Crippen molar-refractivity contribution in [1.29, 1.82) is 0 Å². The Morgan fingerprint density at radius 2 is 1.79 bits per heavy atom. The number of carbonyl (C=O) groups is 3. The van der Waals surface area contributed by atoms with Gasteiger partial charge >= 0.3 is 0 Å². The first-order valence-electron chi connectivity index (χ1n) is 7.58. The number of Topliss-reactive ketones (excluding diaryl/α,β-unsaturated/α-hetero) is 1.